The monoisotopic (exact) mass is 263 g/mol. The number of carbonyl (C=O) groups excluding carboxylic acids is 2. The first-order valence-electron chi connectivity index (χ1n) is 6.02. The molecule has 0 aromatic heterocycles. The van der Waals surface area contributed by atoms with E-state index in [9.17, 15) is 19.7 Å². The Morgan fingerprint density at radius 1 is 1.42 bits per heavy atom. The second-order valence-electron chi connectivity index (χ2n) is 4.26. The number of Topliss-reactive ketones (excluding diaryl/α,β-unsaturated/α-hetero) is 1. The van der Waals surface area contributed by atoms with Gasteiger partial charge in [0.1, 0.15) is 0 Å². The molecule has 0 fully saturated rings. The van der Waals surface area contributed by atoms with E-state index >= 15 is 0 Å². The third-order valence-corrected chi connectivity index (χ3v) is 3.09. The van der Waals surface area contributed by atoms with Crippen LogP contribution in [0.4, 0.5) is 5.69 Å². The van der Waals surface area contributed by atoms with E-state index in [4.69, 9.17) is 4.74 Å². The minimum absolute atomic E-state index is 0.0826. The maximum atomic E-state index is 11.6. The largest absolute Gasteiger partial charge is 0.466 e. The zero-order valence-electron chi connectivity index (χ0n) is 10.5. The van der Waals surface area contributed by atoms with Crippen LogP contribution in [0.15, 0.2) is 12.1 Å². The molecule has 1 aromatic rings. The van der Waals surface area contributed by atoms with Crippen LogP contribution in [0, 0.1) is 10.1 Å². The van der Waals surface area contributed by atoms with E-state index in [1.807, 2.05) is 0 Å². The number of hydrogen-bond donors (Lipinski definition) is 0. The van der Waals surface area contributed by atoms with Crippen molar-refractivity contribution in [1.29, 1.82) is 0 Å². The molecule has 6 nitrogen and oxygen atoms in total. The summed E-state index contributed by atoms with van der Waals surface area (Å²) in [6, 6.07) is 3.03. The van der Waals surface area contributed by atoms with Gasteiger partial charge in [-0.2, -0.15) is 0 Å². The number of nitro groups is 1. The summed E-state index contributed by atoms with van der Waals surface area (Å²) >= 11 is 0. The van der Waals surface area contributed by atoms with E-state index in [0.717, 1.165) is 0 Å². The molecule has 0 saturated carbocycles. The van der Waals surface area contributed by atoms with Crippen molar-refractivity contribution in [2.24, 2.45) is 0 Å². The maximum Gasteiger partial charge on any atom is 0.310 e. The lowest BCUT2D eigenvalue weighted by atomic mass is 10.0. The Kier molecular flexibility index (Phi) is 3.59. The summed E-state index contributed by atoms with van der Waals surface area (Å²) in [5.74, 6) is -0.587. The highest BCUT2D eigenvalue weighted by Crippen LogP contribution is 2.33. The maximum absolute atomic E-state index is 11.6. The van der Waals surface area contributed by atoms with Crippen LogP contribution in [0.1, 0.15) is 34.8 Å². The molecule has 2 rings (SSSR count). The Labute approximate surface area is 109 Å². The summed E-state index contributed by atoms with van der Waals surface area (Å²) in [6.45, 7) is 1.91. The quantitative estimate of drug-likeness (QED) is 0.470. The predicted molar refractivity (Wildman–Crippen MR) is 66.1 cm³/mol. The Bertz CT molecular complexity index is 564. The number of esters is 1. The van der Waals surface area contributed by atoms with Crippen molar-refractivity contribution in [3.05, 3.63) is 38.9 Å². The van der Waals surface area contributed by atoms with Crippen molar-refractivity contribution in [1.82, 2.24) is 0 Å². The van der Waals surface area contributed by atoms with Gasteiger partial charge in [-0.3, -0.25) is 19.7 Å². The van der Waals surface area contributed by atoms with Crippen molar-refractivity contribution in [3.8, 4) is 0 Å². The standard InChI is InChI=1S/C13H13NO5/c1-2-19-12(16)7-8-3-4-9-10(5-6-11(9)15)13(8)14(17)18/h3-4H,2,5-7H2,1H3. The number of hydrogen-bond acceptors (Lipinski definition) is 5. The van der Waals surface area contributed by atoms with Gasteiger partial charge < -0.3 is 4.74 Å². The Balaban J connectivity index is 2.42. The third-order valence-electron chi connectivity index (χ3n) is 3.09. The SMILES string of the molecule is CCOC(=O)Cc1ccc2c(c1[N+](=O)[O-])CCC2=O. The summed E-state index contributed by atoms with van der Waals surface area (Å²) in [5.41, 5.74) is 1.03. The summed E-state index contributed by atoms with van der Waals surface area (Å²) in [5, 5.41) is 11.2. The van der Waals surface area contributed by atoms with E-state index in [1.165, 1.54) is 6.07 Å². The molecule has 0 N–H and O–H groups in total. The van der Waals surface area contributed by atoms with Gasteiger partial charge >= 0.3 is 5.97 Å². The highest BCUT2D eigenvalue weighted by molar-refractivity contribution is 6.01. The molecule has 0 spiro atoms. The average Bonchev–Trinajstić information content (AvgIpc) is 2.70. The Morgan fingerprint density at radius 2 is 2.16 bits per heavy atom. The molecule has 0 aliphatic heterocycles. The van der Waals surface area contributed by atoms with Crippen molar-refractivity contribution in [2.45, 2.75) is 26.2 Å². The molecule has 19 heavy (non-hydrogen) atoms. The number of nitrogens with zero attached hydrogens (tertiary/aromatic N) is 1. The van der Waals surface area contributed by atoms with Crippen LogP contribution >= 0.6 is 0 Å². The number of rotatable bonds is 4. The number of carbonyl (C=O) groups is 2. The van der Waals surface area contributed by atoms with Crippen LogP contribution in [-0.4, -0.2) is 23.3 Å². The minimum Gasteiger partial charge on any atom is -0.466 e. The lowest BCUT2D eigenvalue weighted by Gasteiger charge is -2.06. The molecule has 0 radical (unpaired) electrons. The first kappa shape index (κ1) is 13.2. The first-order valence-corrected chi connectivity index (χ1v) is 6.02. The molecule has 0 bridgehead atoms. The van der Waals surface area contributed by atoms with Crippen LogP contribution in [-0.2, 0) is 22.4 Å². The van der Waals surface area contributed by atoms with Gasteiger partial charge in [0.05, 0.1) is 18.0 Å². The van der Waals surface area contributed by atoms with Gasteiger partial charge in [0.15, 0.2) is 5.78 Å². The zero-order chi connectivity index (χ0) is 14.0. The second-order valence-corrected chi connectivity index (χ2v) is 4.26. The minimum atomic E-state index is -0.522. The van der Waals surface area contributed by atoms with Crippen molar-refractivity contribution < 1.29 is 19.2 Å². The molecular weight excluding hydrogens is 250 g/mol. The van der Waals surface area contributed by atoms with E-state index in [1.54, 1.807) is 13.0 Å². The molecular formula is C13H13NO5. The molecule has 0 saturated heterocycles. The molecule has 6 heteroatoms. The van der Waals surface area contributed by atoms with E-state index in [-0.39, 0.29) is 24.5 Å². The molecule has 100 valence electrons. The Morgan fingerprint density at radius 3 is 2.79 bits per heavy atom. The molecule has 0 unspecified atom stereocenters. The van der Waals surface area contributed by atoms with Gasteiger partial charge in [0.2, 0.25) is 0 Å². The number of ketones is 1. The highest BCUT2D eigenvalue weighted by atomic mass is 16.6. The molecule has 0 atom stereocenters. The molecule has 0 heterocycles. The van der Waals surface area contributed by atoms with Gasteiger partial charge in [-0.25, -0.2) is 0 Å². The first-order chi connectivity index (χ1) is 9.04. The third kappa shape index (κ3) is 2.47. The van der Waals surface area contributed by atoms with Gasteiger partial charge in [0, 0.05) is 23.1 Å². The summed E-state index contributed by atoms with van der Waals surface area (Å²) in [6.07, 6.45) is 0.506. The topological polar surface area (TPSA) is 86.5 Å². The smallest absolute Gasteiger partial charge is 0.310 e. The summed E-state index contributed by atoms with van der Waals surface area (Å²) in [7, 11) is 0. The van der Waals surface area contributed by atoms with Crippen LogP contribution in [0.5, 0.6) is 0 Å². The van der Waals surface area contributed by atoms with E-state index in [0.29, 0.717) is 29.5 Å². The second kappa shape index (κ2) is 5.17. The van der Waals surface area contributed by atoms with Crippen LogP contribution < -0.4 is 0 Å². The lowest BCUT2D eigenvalue weighted by molar-refractivity contribution is -0.386. The fraction of sp³-hybridized carbons (Fsp3) is 0.385. The lowest BCUT2D eigenvalue weighted by Crippen LogP contribution is -2.10. The fourth-order valence-corrected chi connectivity index (χ4v) is 2.31. The molecule has 1 aliphatic rings. The summed E-state index contributed by atoms with van der Waals surface area (Å²) in [4.78, 5) is 33.6. The van der Waals surface area contributed by atoms with Gasteiger partial charge in [-0.1, -0.05) is 12.1 Å². The van der Waals surface area contributed by atoms with Crippen LogP contribution in [0.25, 0.3) is 0 Å². The predicted octanol–water partition coefficient (Wildman–Crippen LogP) is 1.83. The molecule has 1 aromatic carbocycles. The molecule has 1 aliphatic carbocycles. The number of benzene rings is 1. The highest BCUT2D eigenvalue weighted by Gasteiger charge is 2.30. The van der Waals surface area contributed by atoms with E-state index < -0.39 is 10.9 Å². The molecule has 0 amide bonds. The van der Waals surface area contributed by atoms with Crippen LogP contribution in [0.3, 0.4) is 0 Å². The van der Waals surface area contributed by atoms with Gasteiger partial charge in [0.25, 0.3) is 5.69 Å². The zero-order valence-corrected chi connectivity index (χ0v) is 10.5. The number of fused-ring (bicyclic) bond motifs is 1. The fourth-order valence-electron chi connectivity index (χ4n) is 2.31. The number of ether oxygens (including phenoxy) is 1. The number of nitro benzene ring substituents is 1. The van der Waals surface area contributed by atoms with Crippen LogP contribution in [0.2, 0.25) is 0 Å². The normalized spacial score (nSPS) is 13.2. The van der Waals surface area contributed by atoms with Crippen molar-refractivity contribution >= 4 is 17.4 Å². The summed E-state index contributed by atoms with van der Waals surface area (Å²) < 4.78 is 4.79. The van der Waals surface area contributed by atoms with E-state index in [2.05, 4.69) is 0 Å². The van der Waals surface area contributed by atoms with Crippen molar-refractivity contribution in [3.63, 3.8) is 0 Å². The van der Waals surface area contributed by atoms with Gasteiger partial charge in [-0.15, -0.1) is 0 Å². The average molecular weight is 263 g/mol. The Hall–Kier alpha value is -2.24. The van der Waals surface area contributed by atoms with Crippen molar-refractivity contribution in [2.75, 3.05) is 6.61 Å². The van der Waals surface area contributed by atoms with Gasteiger partial charge in [-0.05, 0) is 13.3 Å².